The van der Waals surface area contributed by atoms with Crippen molar-refractivity contribution in [3.63, 3.8) is 0 Å². The van der Waals surface area contributed by atoms with Gasteiger partial charge in [0.15, 0.2) is 5.17 Å². The average molecular weight is 260 g/mol. The van der Waals surface area contributed by atoms with Gasteiger partial charge in [0.1, 0.15) is 0 Å². The van der Waals surface area contributed by atoms with Gasteiger partial charge < -0.3 is 5.32 Å². The molecule has 2 nitrogen and oxygen atoms in total. The SMILES string of the molecule is CSCCCNC1=NCC(CC(C)(C)C)S1. The second-order valence-electron chi connectivity index (χ2n) is 5.42. The minimum atomic E-state index is 0.418. The van der Waals surface area contributed by atoms with Crippen molar-refractivity contribution >= 4 is 28.7 Å². The van der Waals surface area contributed by atoms with Crippen LogP contribution in [0.3, 0.4) is 0 Å². The first-order valence-electron chi connectivity index (χ1n) is 5.95. The maximum absolute atomic E-state index is 4.56. The topological polar surface area (TPSA) is 24.4 Å². The van der Waals surface area contributed by atoms with E-state index in [0.717, 1.165) is 18.3 Å². The predicted octanol–water partition coefficient (Wildman–Crippen LogP) is 3.24. The van der Waals surface area contributed by atoms with Gasteiger partial charge in [-0.3, -0.25) is 4.99 Å². The lowest BCUT2D eigenvalue weighted by Crippen LogP contribution is -2.22. The zero-order valence-electron chi connectivity index (χ0n) is 10.9. The van der Waals surface area contributed by atoms with E-state index in [1.807, 2.05) is 23.5 Å². The van der Waals surface area contributed by atoms with Crippen LogP contribution in [0.2, 0.25) is 0 Å². The van der Waals surface area contributed by atoms with Gasteiger partial charge in [-0.2, -0.15) is 11.8 Å². The summed E-state index contributed by atoms with van der Waals surface area (Å²) in [5.41, 5.74) is 0.418. The number of hydrogen-bond acceptors (Lipinski definition) is 4. The lowest BCUT2D eigenvalue weighted by molar-refractivity contribution is 0.375. The van der Waals surface area contributed by atoms with E-state index in [1.165, 1.54) is 18.6 Å². The number of amidine groups is 1. The molecule has 4 heteroatoms. The molecule has 1 N–H and O–H groups in total. The summed E-state index contributed by atoms with van der Waals surface area (Å²) in [6.45, 7) is 8.97. The fourth-order valence-electron chi connectivity index (χ4n) is 1.72. The quantitative estimate of drug-likeness (QED) is 0.768. The van der Waals surface area contributed by atoms with Gasteiger partial charge in [0, 0.05) is 11.8 Å². The predicted molar refractivity (Wildman–Crippen MR) is 78.8 cm³/mol. The van der Waals surface area contributed by atoms with Gasteiger partial charge in [0.2, 0.25) is 0 Å². The van der Waals surface area contributed by atoms with E-state index in [-0.39, 0.29) is 0 Å². The van der Waals surface area contributed by atoms with Crippen LogP contribution in [0.5, 0.6) is 0 Å². The van der Waals surface area contributed by atoms with E-state index in [2.05, 4.69) is 37.3 Å². The average Bonchev–Trinajstić information content (AvgIpc) is 2.58. The van der Waals surface area contributed by atoms with Gasteiger partial charge in [0.05, 0.1) is 6.54 Å². The van der Waals surface area contributed by atoms with Gasteiger partial charge in [-0.25, -0.2) is 0 Å². The largest absolute Gasteiger partial charge is 0.365 e. The van der Waals surface area contributed by atoms with Crippen molar-refractivity contribution < 1.29 is 0 Å². The fourth-order valence-corrected chi connectivity index (χ4v) is 3.53. The summed E-state index contributed by atoms with van der Waals surface area (Å²) in [6, 6.07) is 0. The van der Waals surface area contributed by atoms with Crippen molar-refractivity contribution in [1.82, 2.24) is 5.32 Å². The first kappa shape index (κ1) is 14.2. The van der Waals surface area contributed by atoms with Crippen LogP contribution in [0.4, 0.5) is 0 Å². The zero-order valence-corrected chi connectivity index (χ0v) is 12.5. The molecule has 1 aliphatic rings. The molecular weight excluding hydrogens is 236 g/mol. The van der Waals surface area contributed by atoms with Gasteiger partial charge in [0.25, 0.3) is 0 Å². The van der Waals surface area contributed by atoms with E-state index in [0.29, 0.717) is 10.7 Å². The molecule has 0 aromatic rings. The highest BCUT2D eigenvalue weighted by Crippen LogP contribution is 2.31. The molecule has 0 spiro atoms. The van der Waals surface area contributed by atoms with Crippen molar-refractivity contribution in [3.05, 3.63) is 0 Å². The Morgan fingerprint density at radius 1 is 1.50 bits per heavy atom. The first-order chi connectivity index (χ1) is 7.51. The fraction of sp³-hybridized carbons (Fsp3) is 0.917. The van der Waals surface area contributed by atoms with Crippen molar-refractivity contribution in [2.45, 2.75) is 38.9 Å². The highest BCUT2D eigenvalue weighted by Gasteiger charge is 2.24. The molecule has 0 aromatic heterocycles. The Balaban J connectivity index is 2.14. The van der Waals surface area contributed by atoms with E-state index in [1.54, 1.807) is 0 Å². The second-order valence-corrected chi connectivity index (χ2v) is 7.70. The molecule has 0 aromatic carbocycles. The maximum atomic E-state index is 4.56. The van der Waals surface area contributed by atoms with Crippen LogP contribution in [0, 0.1) is 5.41 Å². The van der Waals surface area contributed by atoms with Gasteiger partial charge >= 0.3 is 0 Å². The number of nitrogens with one attached hydrogen (secondary N) is 1. The Labute approximate surface area is 108 Å². The second kappa shape index (κ2) is 6.80. The molecule has 1 atom stereocenters. The number of thioether (sulfide) groups is 2. The van der Waals surface area contributed by atoms with Crippen LogP contribution >= 0.6 is 23.5 Å². The normalized spacial score (nSPS) is 21.0. The van der Waals surface area contributed by atoms with Gasteiger partial charge in [-0.1, -0.05) is 32.5 Å². The van der Waals surface area contributed by atoms with Crippen LogP contribution in [0.1, 0.15) is 33.6 Å². The number of nitrogens with zero attached hydrogens (tertiary/aromatic N) is 1. The highest BCUT2D eigenvalue weighted by molar-refractivity contribution is 8.14. The molecule has 0 fully saturated rings. The van der Waals surface area contributed by atoms with Crippen molar-refractivity contribution in [3.8, 4) is 0 Å². The molecular formula is C12H24N2S2. The van der Waals surface area contributed by atoms with E-state index < -0.39 is 0 Å². The molecule has 1 rings (SSSR count). The Morgan fingerprint density at radius 3 is 2.88 bits per heavy atom. The van der Waals surface area contributed by atoms with Crippen LogP contribution in [-0.4, -0.2) is 35.5 Å². The van der Waals surface area contributed by atoms with Gasteiger partial charge in [-0.05, 0) is 30.3 Å². The summed E-state index contributed by atoms with van der Waals surface area (Å²) in [5.74, 6) is 1.23. The summed E-state index contributed by atoms with van der Waals surface area (Å²) in [7, 11) is 0. The van der Waals surface area contributed by atoms with Crippen LogP contribution in [-0.2, 0) is 0 Å². The Kier molecular flexibility index (Phi) is 6.05. The molecule has 0 saturated heterocycles. The first-order valence-corrected chi connectivity index (χ1v) is 8.22. The molecule has 1 aliphatic heterocycles. The Hall–Kier alpha value is 0.170. The summed E-state index contributed by atoms with van der Waals surface area (Å²) >= 11 is 3.83. The van der Waals surface area contributed by atoms with E-state index >= 15 is 0 Å². The minimum absolute atomic E-state index is 0.418. The third-order valence-corrected chi connectivity index (χ3v) is 4.20. The number of rotatable bonds is 5. The zero-order chi connectivity index (χ0) is 12.0. The standard InChI is InChI=1S/C12H24N2S2/c1-12(2,3)8-10-9-14-11(16-10)13-6-5-7-15-4/h10H,5-9H2,1-4H3,(H,13,14). The van der Waals surface area contributed by atoms with Crippen molar-refractivity contribution in [1.29, 1.82) is 0 Å². The smallest absolute Gasteiger partial charge is 0.156 e. The summed E-state index contributed by atoms with van der Waals surface area (Å²) in [5, 5.41) is 5.28. The maximum Gasteiger partial charge on any atom is 0.156 e. The van der Waals surface area contributed by atoms with Crippen LogP contribution in [0.15, 0.2) is 4.99 Å². The third kappa shape index (κ3) is 6.04. The number of aliphatic imine (C=N–C) groups is 1. The Bertz CT molecular complexity index is 234. The van der Waals surface area contributed by atoms with E-state index in [4.69, 9.17) is 0 Å². The molecule has 0 radical (unpaired) electrons. The molecule has 1 heterocycles. The van der Waals surface area contributed by atoms with Gasteiger partial charge in [-0.15, -0.1) is 0 Å². The highest BCUT2D eigenvalue weighted by atomic mass is 32.2. The third-order valence-electron chi connectivity index (χ3n) is 2.36. The molecule has 0 amide bonds. The summed E-state index contributed by atoms with van der Waals surface area (Å²) < 4.78 is 0. The van der Waals surface area contributed by atoms with Crippen LogP contribution in [0.25, 0.3) is 0 Å². The molecule has 0 saturated carbocycles. The molecule has 1 unspecified atom stereocenters. The minimum Gasteiger partial charge on any atom is -0.365 e. The van der Waals surface area contributed by atoms with E-state index in [9.17, 15) is 0 Å². The molecule has 16 heavy (non-hydrogen) atoms. The lowest BCUT2D eigenvalue weighted by atomic mass is 9.90. The summed E-state index contributed by atoms with van der Waals surface area (Å²) in [4.78, 5) is 4.56. The molecule has 0 aliphatic carbocycles. The summed E-state index contributed by atoms with van der Waals surface area (Å²) in [6.07, 6.45) is 4.63. The molecule has 94 valence electrons. The van der Waals surface area contributed by atoms with Crippen molar-refractivity contribution in [2.24, 2.45) is 10.4 Å². The lowest BCUT2D eigenvalue weighted by Gasteiger charge is -2.21. The van der Waals surface area contributed by atoms with Crippen LogP contribution < -0.4 is 5.32 Å². The number of hydrogen-bond donors (Lipinski definition) is 1. The Morgan fingerprint density at radius 2 is 2.25 bits per heavy atom. The monoisotopic (exact) mass is 260 g/mol. The molecule has 0 bridgehead atoms. The van der Waals surface area contributed by atoms with Crippen molar-refractivity contribution in [2.75, 3.05) is 25.1 Å².